The number of ether oxygens (including phenoxy) is 1. The second kappa shape index (κ2) is 12.3. The molecule has 2 fully saturated rings. The van der Waals surface area contributed by atoms with Crippen molar-refractivity contribution in [3.8, 4) is 5.75 Å². The van der Waals surface area contributed by atoms with Crippen LogP contribution >= 0.6 is 0 Å². The summed E-state index contributed by atoms with van der Waals surface area (Å²) in [7, 11) is -3.19. The number of hydrogen-bond acceptors (Lipinski definition) is 4. The maximum atomic E-state index is 11.9. The molecule has 0 radical (unpaired) electrons. The molecular formula is C32H47NO3S. The fraction of sp³-hybridized carbons (Fsp3) is 0.656. The smallest absolute Gasteiger partial charge is 0.175 e. The summed E-state index contributed by atoms with van der Waals surface area (Å²) >= 11 is 0. The fourth-order valence-corrected chi connectivity index (χ4v) is 7.34. The normalized spacial score (nSPS) is 24.9. The van der Waals surface area contributed by atoms with Gasteiger partial charge in [-0.2, -0.15) is 0 Å². The highest BCUT2D eigenvalue weighted by atomic mass is 32.2. The molecule has 0 bridgehead atoms. The number of benzene rings is 1. The highest BCUT2D eigenvalue weighted by Gasteiger charge is 2.43. The molecule has 0 saturated heterocycles. The zero-order valence-corrected chi connectivity index (χ0v) is 24.4. The maximum Gasteiger partial charge on any atom is 0.175 e. The Morgan fingerprint density at radius 1 is 1.00 bits per heavy atom. The predicted octanol–water partition coefficient (Wildman–Crippen LogP) is 7.58. The zero-order chi connectivity index (χ0) is 26.6. The van der Waals surface area contributed by atoms with Gasteiger partial charge in [-0.25, -0.2) is 8.42 Å². The summed E-state index contributed by atoms with van der Waals surface area (Å²) in [5.41, 5.74) is 5.13. The Morgan fingerprint density at radius 3 is 2.49 bits per heavy atom. The second-order valence-electron chi connectivity index (χ2n) is 11.6. The maximum absolute atomic E-state index is 11.9. The lowest BCUT2D eigenvalue weighted by Crippen LogP contribution is -2.14. The van der Waals surface area contributed by atoms with Gasteiger partial charge in [-0.1, -0.05) is 46.6 Å². The van der Waals surface area contributed by atoms with E-state index < -0.39 is 9.84 Å². The molecule has 5 unspecified atom stereocenters. The predicted molar refractivity (Wildman–Crippen MR) is 152 cm³/mol. The third-order valence-corrected chi connectivity index (χ3v) is 10.3. The molecule has 0 aliphatic heterocycles. The molecule has 1 aromatic carbocycles. The summed E-state index contributed by atoms with van der Waals surface area (Å²) in [6.07, 6.45) is 15.5. The van der Waals surface area contributed by atoms with Crippen LogP contribution in [0.5, 0.6) is 5.75 Å². The first kappa shape index (κ1) is 28.1. The van der Waals surface area contributed by atoms with Gasteiger partial charge in [-0.3, -0.25) is 4.98 Å². The Kier molecular flexibility index (Phi) is 9.37. The molecule has 0 spiro atoms. The molecule has 1 heterocycles. The van der Waals surface area contributed by atoms with Crippen LogP contribution in [0.1, 0.15) is 101 Å². The van der Waals surface area contributed by atoms with E-state index in [1.54, 1.807) is 12.1 Å². The number of rotatable bonds is 11. The number of hydrogen-bond donors (Lipinski definition) is 0. The molecule has 4 nitrogen and oxygen atoms in total. The average molecular weight is 526 g/mol. The zero-order valence-electron chi connectivity index (χ0n) is 23.6. The number of sulfone groups is 1. The van der Waals surface area contributed by atoms with Gasteiger partial charge in [0.15, 0.2) is 9.84 Å². The van der Waals surface area contributed by atoms with Gasteiger partial charge in [0.1, 0.15) is 5.75 Å². The Hall–Kier alpha value is -1.88. The molecule has 2 saturated carbocycles. The van der Waals surface area contributed by atoms with Gasteiger partial charge in [0.05, 0.1) is 11.5 Å². The molecule has 2 aliphatic carbocycles. The van der Waals surface area contributed by atoms with Crippen LogP contribution < -0.4 is 4.74 Å². The van der Waals surface area contributed by atoms with Gasteiger partial charge in [-0.05, 0) is 110 Å². The molecule has 5 heteroatoms. The minimum absolute atomic E-state index is 0.375. The van der Waals surface area contributed by atoms with Crippen molar-refractivity contribution < 1.29 is 13.2 Å². The van der Waals surface area contributed by atoms with E-state index in [9.17, 15) is 8.42 Å². The van der Waals surface area contributed by atoms with E-state index in [1.807, 2.05) is 13.0 Å². The van der Waals surface area contributed by atoms with Crippen molar-refractivity contribution in [2.75, 3.05) is 12.9 Å². The van der Waals surface area contributed by atoms with Gasteiger partial charge in [-0.15, -0.1) is 0 Å². The van der Waals surface area contributed by atoms with Crippen molar-refractivity contribution in [2.45, 2.75) is 103 Å². The van der Waals surface area contributed by atoms with Crippen LogP contribution in [-0.4, -0.2) is 26.3 Å². The van der Waals surface area contributed by atoms with Crippen molar-refractivity contribution in [2.24, 2.45) is 23.7 Å². The summed E-state index contributed by atoms with van der Waals surface area (Å²) in [5, 5.41) is 0. The van der Waals surface area contributed by atoms with Crippen LogP contribution in [0.4, 0.5) is 0 Å². The van der Waals surface area contributed by atoms with Gasteiger partial charge in [0, 0.05) is 24.1 Å². The highest BCUT2D eigenvalue weighted by Crippen LogP contribution is 2.52. The summed E-state index contributed by atoms with van der Waals surface area (Å²) in [4.78, 5) is 5.32. The van der Waals surface area contributed by atoms with Gasteiger partial charge < -0.3 is 4.74 Å². The van der Waals surface area contributed by atoms with E-state index in [-0.39, 0.29) is 0 Å². The molecule has 2 aliphatic rings. The van der Waals surface area contributed by atoms with Crippen LogP contribution in [-0.2, 0) is 29.1 Å². The van der Waals surface area contributed by atoms with E-state index in [0.29, 0.717) is 10.8 Å². The molecule has 4 rings (SSSR count). The quantitative estimate of drug-likeness (QED) is 0.284. The van der Waals surface area contributed by atoms with Gasteiger partial charge in [0.2, 0.25) is 0 Å². The first-order chi connectivity index (χ1) is 17.7. The van der Waals surface area contributed by atoms with Crippen LogP contribution in [0.15, 0.2) is 35.4 Å². The standard InChI is InChI=1S/C32H47NO3S/c1-6-23-18-25(8-3)32(33-21-23)22(4)26-10-9-11-27(13-12-26)30-20-28(30)16-17-36-31-15-14-29(37(5,34)35)19-24(31)7-2/h14-15,18-19,21-22,26-28,30H,6-13,16-17,20H2,1-5H3. The van der Waals surface area contributed by atoms with Crippen LogP contribution in [0, 0.1) is 23.7 Å². The van der Waals surface area contributed by atoms with E-state index in [1.165, 1.54) is 61.6 Å². The van der Waals surface area contributed by atoms with E-state index in [4.69, 9.17) is 9.72 Å². The van der Waals surface area contributed by atoms with Gasteiger partial charge >= 0.3 is 0 Å². The molecule has 0 amide bonds. The SMILES string of the molecule is CCc1cnc(C(C)C2CCCC(C3CC3CCOc3ccc(S(C)(=O)=O)cc3CC)CC2)c(CC)c1. The van der Waals surface area contributed by atoms with E-state index in [0.717, 1.165) is 67.3 Å². The molecular weight excluding hydrogens is 478 g/mol. The first-order valence-electron chi connectivity index (χ1n) is 14.7. The van der Waals surface area contributed by atoms with Crippen molar-refractivity contribution in [1.29, 1.82) is 0 Å². The highest BCUT2D eigenvalue weighted by molar-refractivity contribution is 7.90. The Labute approximate surface area is 225 Å². The minimum atomic E-state index is -3.19. The third kappa shape index (κ3) is 6.96. The molecule has 5 atom stereocenters. The van der Waals surface area contributed by atoms with Crippen molar-refractivity contribution in [3.63, 3.8) is 0 Å². The lowest BCUT2D eigenvalue weighted by molar-refractivity contribution is 0.285. The number of aryl methyl sites for hydroxylation is 3. The van der Waals surface area contributed by atoms with E-state index >= 15 is 0 Å². The third-order valence-electron chi connectivity index (χ3n) is 9.21. The Balaban J connectivity index is 1.27. The summed E-state index contributed by atoms with van der Waals surface area (Å²) in [6.45, 7) is 9.66. The Morgan fingerprint density at radius 2 is 1.78 bits per heavy atom. The first-order valence-corrected chi connectivity index (χ1v) is 16.6. The molecule has 37 heavy (non-hydrogen) atoms. The summed E-state index contributed by atoms with van der Waals surface area (Å²) in [5.74, 6) is 4.65. The average Bonchev–Trinajstić information content (AvgIpc) is 3.70. The van der Waals surface area contributed by atoms with Crippen LogP contribution in [0.2, 0.25) is 0 Å². The largest absolute Gasteiger partial charge is 0.493 e. The Bertz CT molecular complexity index is 1160. The van der Waals surface area contributed by atoms with Gasteiger partial charge in [0.25, 0.3) is 0 Å². The number of nitrogens with zero attached hydrogens (tertiary/aromatic N) is 1. The second-order valence-corrected chi connectivity index (χ2v) is 13.6. The van der Waals surface area contributed by atoms with Crippen LogP contribution in [0.25, 0.3) is 0 Å². The topological polar surface area (TPSA) is 56.3 Å². The molecule has 204 valence electrons. The number of aromatic nitrogens is 1. The van der Waals surface area contributed by atoms with Crippen molar-refractivity contribution in [1.82, 2.24) is 4.98 Å². The molecule has 2 aromatic rings. The fourth-order valence-electron chi connectivity index (χ4n) is 6.67. The van der Waals surface area contributed by atoms with Crippen molar-refractivity contribution in [3.05, 3.63) is 52.8 Å². The van der Waals surface area contributed by atoms with E-state index in [2.05, 4.69) is 33.0 Å². The minimum Gasteiger partial charge on any atom is -0.493 e. The summed E-state index contributed by atoms with van der Waals surface area (Å²) < 4.78 is 29.9. The lowest BCUT2D eigenvalue weighted by atomic mass is 9.82. The molecule has 0 N–H and O–H groups in total. The monoisotopic (exact) mass is 525 g/mol. The van der Waals surface area contributed by atoms with Crippen molar-refractivity contribution >= 4 is 9.84 Å². The number of pyridine rings is 1. The molecule has 1 aromatic heterocycles. The van der Waals surface area contributed by atoms with Crippen LogP contribution in [0.3, 0.4) is 0 Å². The summed E-state index contributed by atoms with van der Waals surface area (Å²) in [6, 6.07) is 7.66. The lowest BCUT2D eigenvalue weighted by Gasteiger charge is -2.24.